The Morgan fingerprint density at radius 1 is 0.811 bits per heavy atom. The molecule has 0 amide bonds. The number of phenolic OH excluding ortho intramolecular Hbond substituents is 2. The predicted molar refractivity (Wildman–Crippen MR) is 151 cm³/mol. The fraction of sp³-hybridized carbons (Fsp3) is 0.0968. The first kappa shape index (κ1) is 23.3. The molecule has 0 spiro atoms. The van der Waals surface area contributed by atoms with Crippen LogP contribution in [0.15, 0.2) is 108 Å². The van der Waals surface area contributed by atoms with E-state index in [9.17, 15) is 10.2 Å². The number of aromatic hydroxyl groups is 2. The van der Waals surface area contributed by atoms with Gasteiger partial charge in [0, 0.05) is 33.5 Å². The summed E-state index contributed by atoms with van der Waals surface area (Å²) in [6.07, 6.45) is 0. The lowest BCUT2D eigenvalue weighted by Crippen LogP contribution is -2.32. The molecule has 1 aliphatic rings. The number of halogens is 1. The highest BCUT2D eigenvalue weighted by Gasteiger charge is 2.23. The van der Waals surface area contributed by atoms with Crippen molar-refractivity contribution in [3.63, 3.8) is 0 Å². The van der Waals surface area contributed by atoms with Crippen molar-refractivity contribution in [1.29, 1.82) is 0 Å². The Hall–Kier alpha value is -4.16. The van der Waals surface area contributed by atoms with Gasteiger partial charge in [-0.1, -0.05) is 46.3 Å². The van der Waals surface area contributed by atoms with Crippen LogP contribution in [0.2, 0.25) is 0 Å². The summed E-state index contributed by atoms with van der Waals surface area (Å²) < 4.78 is 7.07. The van der Waals surface area contributed by atoms with Gasteiger partial charge in [0.15, 0.2) is 6.73 Å². The maximum absolute atomic E-state index is 11.1. The molecule has 37 heavy (non-hydrogen) atoms. The van der Waals surface area contributed by atoms with Crippen molar-refractivity contribution in [3.05, 3.63) is 124 Å². The van der Waals surface area contributed by atoms with Crippen LogP contribution in [0, 0.1) is 0 Å². The number of phenols is 2. The molecule has 1 heterocycles. The molecular formula is C31H25BrN2O3. The lowest BCUT2D eigenvalue weighted by molar-refractivity contribution is 0.289. The number of benzene rings is 5. The van der Waals surface area contributed by atoms with Gasteiger partial charge in [-0.3, -0.25) is 0 Å². The molecule has 1 aliphatic heterocycles. The van der Waals surface area contributed by atoms with E-state index in [1.54, 1.807) is 12.1 Å². The Bertz CT molecular complexity index is 1570. The molecule has 184 valence electrons. The van der Waals surface area contributed by atoms with Gasteiger partial charge >= 0.3 is 0 Å². The van der Waals surface area contributed by atoms with Crippen molar-refractivity contribution >= 4 is 38.1 Å². The van der Waals surface area contributed by atoms with Crippen LogP contribution < -0.4 is 15.0 Å². The van der Waals surface area contributed by atoms with Gasteiger partial charge in [0.25, 0.3) is 0 Å². The minimum atomic E-state index is -0.292. The number of nitrogens with one attached hydrogen (secondary N) is 1. The number of hydrogen-bond acceptors (Lipinski definition) is 5. The van der Waals surface area contributed by atoms with Gasteiger partial charge < -0.3 is 25.2 Å². The quantitative estimate of drug-likeness (QED) is 0.210. The molecule has 5 aromatic carbocycles. The SMILES string of the molecule is Oc1ccc(N2COc3ccc(C(Nc4ccc(Br)cc4)c4cc5ccccc5cc4O)cc3C2)cc1. The number of anilines is 2. The van der Waals surface area contributed by atoms with Crippen LogP contribution in [-0.4, -0.2) is 16.9 Å². The maximum Gasteiger partial charge on any atom is 0.161 e. The number of nitrogens with zero attached hydrogens (tertiary/aromatic N) is 1. The summed E-state index contributed by atoms with van der Waals surface area (Å²) in [5, 5.41) is 26.5. The molecule has 6 rings (SSSR count). The van der Waals surface area contributed by atoms with Crippen LogP contribution in [0.25, 0.3) is 10.8 Å². The third kappa shape index (κ3) is 4.80. The second kappa shape index (κ2) is 9.71. The molecule has 1 atom stereocenters. The summed E-state index contributed by atoms with van der Waals surface area (Å²) in [6.45, 7) is 1.10. The fourth-order valence-corrected chi connectivity index (χ4v) is 5.07. The topological polar surface area (TPSA) is 65.0 Å². The summed E-state index contributed by atoms with van der Waals surface area (Å²) in [4.78, 5) is 2.12. The van der Waals surface area contributed by atoms with E-state index in [1.165, 1.54) is 0 Å². The van der Waals surface area contributed by atoms with E-state index in [-0.39, 0.29) is 17.5 Å². The van der Waals surface area contributed by atoms with Gasteiger partial charge in [-0.05, 0) is 89.1 Å². The first-order chi connectivity index (χ1) is 18.0. The van der Waals surface area contributed by atoms with Crippen LogP contribution in [0.5, 0.6) is 17.2 Å². The molecule has 0 aromatic heterocycles. The largest absolute Gasteiger partial charge is 0.508 e. The van der Waals surface area contributed by atoms with Gasteiger partial charge in [0.2, 0.25) is 0 Å². The average molecular weight is 553 g/mol. The minimum absolute atomic E-state index is 0.237. The minimum Gasteiger partial charge on any atom is -0.508 e. The van der Waals surface area contributed by atoms with Gasteiger partial charge in [-0.2, -0.15) is 0 Å². The second-order valence-corrected chi connectivity index (χ2v) is 10.1. The van der Waals surface area contributed by atoms with Crippen molar-refractivity contribution in [2.45, 2.75) is 12.6 Å². The van der Waals surface area contributed by atoms with Crippen molar-refractivity contribution in [1.82, 2.24) is 0 Å². The van der Waals surface area contributed by atoms with Crippen molar-refractivity contribution in [2.24, 2.45) is 0 Å². The number of ether oxygens (including phenoxy) is 1. The Morgan fingerprint density at radius 3 is 2.30 bits per heavy atom. The van der Waals surface area contributed by atoms with Gasteiger partial charge in [-0.15, -0.1) is 0 Å². The molecular weight excluding hydrogens is 528 g/mol. The van der Waals surface area contributed by atoms with Crippen LogP contribution in [0.1, 0.15) is 22.7 Å². The first-order valence-corrected chi connectivity index (χ1v) is 12.9. The van der Waals surface area contributed by atoms with E-state index < -0.39 is 0 Å². The van der Waals surface area contributed by atoms with Crippen LogP contribution in [0.4, 0.5) is 11.4 Å². The van der Waals surface area contributed by atoms with Crippen LogP contribution in [0.3, 0.4) is 0 Å². The number of hydrogen-bond donors (Lipinski definition) is 3. The van der Waals surface area contributed by atoms with Gasteiger partial charge in [0.1, 0.15) is 17.2 Å². The van der Waals surface area contributed by atoms with Crippen LogP contribution >= 0.6 is 15.9 Å². The zero-order valence-electron chi connectivity index (χ0n) is 19.9. The molecule has 0 aliphatic carbocycles. The maximum atomic E-state index is 11.1. The molecule has 1 unspecified atom stereocenters. The summed E-state index contributed by atoms with van der Waals surface area (Å²) in [5.41, 5.74) is 4.79. The standard InChI is InChI=1S/C31H25BrN2O3/c32-24-6-8-25(9-7-24)33-31(28-16-20-3-1-2-4-21(20)17-29(28)36)22-5-14-30-23(15-22)18-34(19-37-30)26-10-12-27(35)13-11-26/h1-17,31,33,35-36H,18-19H2. The fourth-order valence-electron chi connectivity index (χ4n) is 4.80. The summed E-state index contributed by atoms with van der Waals surface area (Å²) in [5.74, 6) is 1.33. The Labute approximate surface area is 223 Å². The number of fused-ring (bicyclic) bond motifs is 2. The van der Waals surface area contributed by atoms with Crippen molar-refractivity contribution in [3.8, 4) is 17.2 Å². The van der Waals surface area contributed by atoms with Gasteiger partial charge in [-0.25, -0.2) is 0 Å². The molecule has 0 bridgehead atoms. The highest BCUT2D eigenvalue weighted by atomic mass is 79.9. The molecule has 3 N–H and O–H groups in total. The van der Waals surface area contributed by atoms with Gasteiger partial charge in [0.05, 0.1) is 6.04 Å². The van der Waals surface area contributed by atoms with E-state index in [0.717, 1.165) is 49.1 Å². The Morgan fingerprint density at radius 2 is 1.54 bits per heavy atom. The highest BCUT2D eigenvalue weighted by Crippen LogP contribution is 2.38. The second-order valence-electron chi connectivity index (χ2n) is 9.20. The zero-order valence-corrected chi connectivity index (χ0v) is 21.5. The smallest absolute Gasteiger partial charge is 0.161 e. The third-order valence-corrected chi connectivity index (χ3v) is 7.26. The van der Waals surface area contributed by atoms with Crippen molar-refractivity contribution in [2.75, 3.05) is 16.9 Å². The van der Waals surface area contributed by atoms with E-state index in [0.29, 0.717) is 13.3 Å². The summed E-state index contributed by atoms with van der Waals surface area (Å²) in [7, 11) is 0. The third-order valence-electron chi connectivity index (χ3n) is 6.73. The van der Waals surface area contributed by atoms with Crippen molar-refractivity contribution < 1.29 is 14.9 Å². The highest BCUT2D eigenvalue weighted by molar-refractivity contribution is 9.10. The number of rotatable bonds is 5. The molecule has 5 aromatic rings. The summed E-state index contributed by atoms with van der Waals surface area (Å²) >= 11 is 3.51. The Kier molecular flexibility index (Phi) is 6.10. The van der Waals surface area contributed by atoms with Crippen LogP contribution in [-0.2, 0) is 6.54 Å². The first-order valence-electron chi connectivity index (χ1n) is 12.1. The van der Waals surface area contributed by atoms with E-state index in [1.807, 2.05) is 66.7 Å². The molecule has 0 saturated heterocycles. The van der Waals surface area contributed by atoms with E-state index >= 15 is 0 Å². The monoisotopic (exact) mass is 552 g/mol. The van der Waals surface area contributed by atoms with E-state index in [2.05, 4.69) is 50.4 Å². The molecule has 0 saturated carbocycles. The normalized spacial score (nSPS) is 13.6. The molecule has 5 nitrogen and oxygen atoms in total. The lowest BCUT2D eigenvalue weighted by Gasteiger charge is -2.32. The molecule has 0 fully saturated rings. The average Bonchev–Trinajstić information content (AvgIpc) is 2.92. The predicted octanol–water partition coefficient (Wildman–Crippen LogP) is 7.57. The zero-order chi connectivity index (χ0) is 25.4. The molecule has 6 heteroatoms. The lowest BCUT2D eigenvalue weighted by atomic mass is 9.93. The Balaban J connectivity index is 1.40. The molecule has 0 radical (unpaired) electrons. The summed E-state index contributed by atoms with van der Waals surface area (Å²) in [6, 6.07) is 33.0. The van der Waals surface area contributed by atoms with E-state index in [4.69, 9.17) is 4.74 Å².